The zero-order valence-corrected chi connectivity index (χ0v) is 12.9. The maximum atomic E-state index is 12.7. The van der Waals surface area contributed by atoms with Crippen LogP contribution >= 0.6 is 11.6 Å². The minimum Gasteiger partial charge on any atom is -0.266 e. The molecule has 0 aromatic heterocycles. The fourth-order valence-corrected chi connectivity index (χ4v) is 3.91. The Morgan fingerprint density at radius 1 is 1.10 bits per heavy atom. The summed E-state index contributed by atoms with van der Waals surface area (Å²) in [5.74, 6) is 0. The average Bonchev–Trinajstić information content (AvgIpc) is 2.41. The van der Waals surface area contributed by atoms with Crippen LogP contribution in [0.25, 0.3) is 0 Å². The highest BCUT2D eigenvalue weighted by Gasteiger charge is 2.24. The fraction of sp³-hybridized carbons (Fsp3) is 0.200. The second-order valence-corrected chi connectivity index (χ2v) is 6.71. The van der Waals surface area contributed by atoms with E-state index in [0.29, 0.717) is 17.3 Å². The second kappa shape index (κ2) is 5.85. The van der Waals surface area contributed by atoms with Crippen LogP contribution in [0.4, 0.5) is 5.69 Å². The molecule has 20 heavy (non-hydrogen) atoms. The van der Waals surface area contributed by atoms with E-state index < -0.39 is 10.0 Å². The van der Waals surface area contributed by atoms with E-state index in [1.807, 2.05) is 32.0 Å². The molecule has 0 radical (unpaired) electrons. The van der Waals surface area contributed by atoms with E-state index in [1.165, 1.54) is 10.4 Å². The molecule has 2 rings (SSSR count). The van der Waals surface area contributed by atoms with Crippen molar-refractivity contribution in [3.63, 3.8) is 0 Å². The normalized spacial score (nSPS) is 11.3. The van der Waals surface area contributed by atoms with Gasteiger partial charge in [0.25, 0.3) is 10.0 Å². The van der Waals surface area contributed by atoms with Crippen molar-refractivity contribution in [1.29, 1.82) is 0 Å². The summed E-state index contributed by atoms with van der Waals surface area (Å²) in [4.78, 5) is 0.204. The number of hydrogen-bond donors (Lipinski definition) is 0. The molecule has 0 atom stereocenters. The quantitative estimate of drug-likeness (QED) is 0.860. The lowest BCUT2D eigenvalue weighted by molar-refractivity contribution is 0.591. The maximum Gasteiger partial charge on any atom is 0.264 e. The van der Waals surface area contributed by atoms with Gasteiger partial charge in [0, 0.05) is 11.6 Å². The molecule has 0 unspecified atom stereocenters. The van der Waals surface area contributed by atoms with Gasteiger partial charge in [-0.05, 0) is 43.7 Å². The highest BCUT2D eigenvalue weighted by atomic mass is 35.5. The van der Waals surface area contributed by atoms with E-state index in [2.05, 4.69) is 0 Å². The van der Waals surface area contributed by atoms with E-state index in [1.54, 1.807) is 24.3 Å². The molecular formula is C15H16ClNO2S. The van der Waals surface area contributed by atoms with Gasteiger partial charge in [-0.25, -0.2) is 8.42 Å². The number of hydrogen-bond acceptors (Lipinski definition) is 2. The number of rotatable bonds is 4. The zero-order valence-electron chi connectivity index (χ0n) is 11.4. The van der Waals surface area contributed by atoms with Gasteiger partial charge in [0.05, 0.1) is 10.6 Å². The Labute approximate surface area is 124 Å². The molecule has 0 spiro atoms. The Morgan fingerprint density at radius 2 is 1.80 bits per heavy atom. The highest BCUT2D eigenvalue weighted by molar-refractivity contribution is 7.92. The standard InChI is InChI=1S/C15H16ClNO2S/c1-3-17(15-10-5-4-7-12(15)2)20(18,19)14-9-6-8-13(16)11-14/h4-11H,3H2,1-2H3. The van der Waals surface area contributed by atoms with E-state index in [9.17, 15) is 8.42 Å². The second-order valence-electron chi connectivity index (χ2n) is 4.41. The van der Waals surface area contributed by atoms with Crippen molar-refractivity contribution in [2.75, 3.05) is 10.8 Å². The topological polar surface area (TPSA) is 37.4 Å². The number of nitrogens with zero attached hydrogens (tertiary/aromatic N) is 1. The minimum absolute atomic E-state index is 0.204. The number of halogens is 1. The molecule has 5 heteroatoms. The SMILES string of the molecule is CCN(c1ccccc1C)S(=O)(=O)c1cccc(Cl)c1. The smallest absolute Gasteiger partial charge is 0.264 e. The first kappa shape index (κ1) is 14.9. The lowest BCUT2D eigenvalue weighted by Gasteiger charge is -2.24. The van der Waals surface area contributed by atoms with Crippen LogP contribution in [-0.4, -0.2) is 15.0 Å². The van der Waals surface area contributed by atoms with Crippen LogP contribution in [-0.2, 0) is 10.0 Å². The van der Waals surface area contributed by atoms with Gasteiger partial charge in [0.2, 0.25) is 0 Å². The van der Waals surface area contributed by atoms with E-state index in [4.69, 9.17) is 11.6 Å². The number of aryl methyl sites for hydroxylation is 1. The number of anilines is 1. The summed E-state index contributed by atoms with van der Waals surface area (Å²) in [7, 11) is -3.60. The van der Waals surface area contributed by atoms with Crippen molar-refractivity contribution in [2.45, 2.75) is 18.7 Å². The molecule has 0 fully saturated rings. The van der Waals surface area contributed by atoms with E-state index >= 15 is 0 Å². The molecule has 0 N–H and O–H groups in total. The van der Waals surface area contributed by atoms with Gasteiger partial charge in [0.15, 0.2) is 0 Å². The summed E-state index contributed by atoms with van der Waals surface area (Å²) in [6.07, 6.45) is 0. The van der Waals surface area contributed by atoms with Gasteiger partial charge < -0.3 is 0 Å². The van der Waals surface area contributed by atoms with Crippen LogP contribution in [0.15, 0.2) is 53.4 Å². The van der Waals surface area contributed by atoms with Gasteiger partial charge in [-0.15, -0.1) is 0 Å². The summed E-state index contributed by atoms with van der Waals surface area (Å²) >= 11 is 5.89. The molecule has 0 saturated heterocycles. The summed E-state index contributed by atoms with van der Waals surface area (Å²) in [5.41, 5.74) is 1.61. The third kappa shape index (κ3) is 2.81. The fourth-order valence-electron chi connectivity index (χ4n) is 2.07. The lowest BCUT2D eigenvalue weighted by atomic mass is 10.2. The largest absolute Gasteiger partial charge is 0.266 e. The van der Waals surface area contributed by atoms with Crippen molar-refractivity contribution >= 4 is 27.3 Å². The summed E-state index contributed by atoms with van der Waals surface area (Å²) < 4.78 is 26.9. The summed E-state index contributed by atoms with van der Waals surface area (Å²) in [5, 5.41) is 0.409. The van der Waals surface area contributed by atoms with Crippen LogP contribution in [0.3, 0.4) is 0 Å². The van der Waals surface area contributed by atoms with E-state index in [0.717, 1.165) is 5.56 Å². The predicted molar refractivity (Wildman–Crippen MR) is 82.8 cm³/mol. The Bertz CT molecular complexity index is 713. The third-order valence-electron chi connectivity index (χ3n) is 3.06. The third-order valence-corrected chi connectivity index (χ3v) is 5.18. The summed E-state index contributed by atoms with van der Waals surface area (Å²) in [6, 6.07) is 13.7. The van der Waals surface area contributed by atoms with Crippen LogP contribution in [0.5, 0.6) is 0 Å². The first-order chi connectivity index (χ1) is 9.46. The first-order valence-electron chi connectivity index (χ1n) is 6.30. The van der Waals surface area contributed by atoms with E-state index in [-0.39, 0.29) is 4.90 Å². The minimum atomic E-state index is -3.60. The van der Waals surface area contributed by atoms with Gasteiger partial charge in [-0.1, -0.05) is 35.9 Å². The van der Waals surface area contributed by atoms with Gasteiger partial charge in [-0.2, -0.15) is 0 Å². The molecule has 106 valence electrons. The molecule has 0 aliphatic carbocycles. The molecule has 2 aromatic carbocycles. The molecule has 0 saturated carbocycles. The number of benzene rings is 2. The van der Waals surface area contributed by atoms with Crippen molar-refractivity contribution in [3.05, 3.63) is 59.1 Å². The van der Waals surface area contributed by atoms with Gasteiger partial charge in [0.1, 0.15) is 0 Å². The van der Waals surface area contributed by atoms with Crippen LogP contribution in [0.2, 0.25) is 5.02 Å². The van der Waals surface area contributed by atoms with Crippen molar-refractivity contribution in [2.24, 2.45) is 0 Å². The van der Waals surface area contributed by atoms with Crippen molar-refractivity contribution < 1.29 is 8.42 Å². The molecule has 0 aliphatic heterocycles. The highest BCUT2D eigenvalue weighted by Crippen LogP contribution is 2.27. The molecular weight excluding hydrogens is 294 g/mol. The number of sulfonamides is 1. The van der Waals surface area contributed by atoms with Crippen LogP contribution in [0, 0.1) is 6.92 Å². The molecule has 2 aromatic rings. The van der Waals surface area contributed by atoms with Crippen molar-refractivity contribution in [1.82, 2.24) is 0 Å². The molecule has 0 aliphatic rings. The molecule has 0 heterocycles. The molecule has 0 amide bonds. The number of para-hydroxylation sites is 1. The van der Waals surface area contributed by atoms with Crippen molar-refractivity contribution in [3.8, 4) is 0 Å². The lowest BCUT2D eigenvalue weighted by Crippen LogP contribution is -2.31. The van der Waals surface area contributed by atoms with Crippen LogP contribution in [0.1, 0.15) is 12.5 Å². The zero-order chi connectivity index (χ0) is 14.8. The molecule has 3 nitrogen and oxygen atoms in total. The predicted octanol–water partition coefficient (Wildman–Crippen LogP) is 3.86. The van der Waals surface area contributed by atoms with Gasteiger partial charge >= 0.3 is 0 Å². The Morgan fingerprint density at radius 3 is 2.40 bits per heavy atom. The van der Waals surface area contributed by atoms with Crippen LogP contribution < -0.4 is 4.31 Å². The monoisotopic (exact) mass is 309 g/mol. The Balaban J connectivity index is 2.54. The summed E-state index contributed by atoms with van der Waals surface area (Å²) in [6.45, 7) is 4.07. The Kier molecular flexibility index (Phi) is 4.35. The maximum absolute atomic E-state index is 12.7. The first-order valence-corrected chi connectivity index (χ1v) is 8.12. The average molecular weight is 310 g/mol. The van der Waals surface area contributed by atoms with Gasteiger partial charge in [-0.3, -0.25) is 4.31 Å². The Hall–Kier alpha value is -1.52. The molecule has 0 bridgehead atoms.